The molecule has 0 fully saturated rings. The fourth-order valence-corrected chi connectivity index (χ4v) is 7.27. The molecule has 0 aromatic carbocycles. The largest absolute Gasteiger partial charge is 0.477 e. The predicted octanol–water partition coefficient (Wildman–Crippen LogP) is 15.3. The van der Waals surface area contributed by atoms with Gasteiger partial charge in [0.25, 0.3) is 0 Å². The van der Waals surface area contributed by atoms with Crippen molar-refractivity contribution in [2.45, 2.75) is 219 Å². The minimum absolute atomic E-state index is 0.0437. The molecular formula is C57H98NO7+. The average Bonchev–Trinajstić information content (AvgIpc) is 3.27. The van der Waals surface area contributed by atoms with Crippen molar-refractivity contribution in [3.63, 3.8) is 0 Å². The fourth-order valence-electron chi connectivity index (χ4n) is 7.27. The number of aliphatic carboxylic acids is 1. The summed E-state index contributed by atoms with van der Waals surface area (Å²) in [6.07, 6.45) is 62.0. The van der Waals surface area contributed by atoms with Gasteiger partial charge < -0.3 is 23.8 Å². The molecule has 65 heavy (non-hydrogen) atoms. The summed E-state index contributed by atoms with van der Waals surface area (Å²) in [5.41, 5.74) is 0. The Morgan fingerprint density at radius 2 is 0.862 bits per heavy atom. The summed E-state index contributed by atoms with van der Waals surface area (Å²) in [6.45, 7) is 4.59. The number of hydrogen-bond acceptors (Lipinski definition) is 6. The standard InChI is InChI=1S/C57H97NO7/c1-6-8-10-12-14-16-18-20-22-24-26-27-28-29-30-32-34-36-38-40-42-44-46-48-56(60)65-53(51-63-50-49-54(57(61)62)58(3,4)5)52-64-55(59)47-45-43-41-39-37-35-33-31-25-23-21-19-17-15-13-11-9-7-2/h8,10,14,16,20,22,26-27,29-31,33-34,36,53-54H,6-7,9,11-13,15,17-19,21,23-25,28,32,35,37-52H2,1-5H3/p+1/b10-8+,16-14+,22-20+,27-26+,30-29+,33-31+,36-34+. The zero-order chi connectivity index (χ0) is 47.7. The van der Waals surface area contributed by atoms with Crippen LogP contribution in [0, 0.1) is 0 Å². The molecule has 0 saturated carbocycles. The highest BCUT2D eigenvalue weighted by Crippen LogP contribution is 2.14. The summed E-state index contributed by atoms with van der Waals surface area (Å²) in [4.78, 5) is 37.2. The van der Waals surface area contributed by atoms with Gasteiger partial charge in [-0.15, -0.1) is 0 Å². The lowest BCUT2D eigenvalue weighted by Gasteiger charge is -2.31. The molecule has 1 N–H and O–H groups in total. The first-order chi connectivity index (χ1) is 31.6. The van der Waals surface area contributed by atoms with Crippen LogP contribution in [0.1, 0.15) is 206 Å². The number of quaternary nitrogens is 1. The Morgan fingerprint density at radius 1 is 0.477 bits per heavy atom. The summed E-state index contributed by atoms with van der Waals surface area (Å²) < 4.78 is 17.3. The van der Waals surface area contributed by atoms with E-state index in [0.717, 1.165) is 103 Å². The van der Waals surface area contributed by atoms with Crippen LogP contribution in [0.3, 0.4) is 0 Å². The van der Waals surface area contributed by atoms with Gasteiger partial charge in [0.2, 0.25) is 0 Å². The van der Waals surface area contributed by atoms with Crippen molar-refractivity contribution in [2.75, 3.05) is 41.0 Å². The van der Waals surface area contributed by atoms with E-state index in [0.29, 0.717) is 19.3 Å². The van der Waals surface area contributed by atoms with Crippen LogP contribution in [0.4, 0.5) is 0 Å². The molecule has 0 heterocycles. The van der Waals surface area contributed by atoms with Gasteiger partial charge in [0.05, 0.1) is 34.4 Å². The van der Waals surface area contributed by atoms with E-state index in [9.17, 15) is 19.5 Å². The Hall–Kier alpha value is -3.49. The predicted molar refractivity (Wildman–Crippen MR) is 275 cm³/mol. The van der Waals surface area contributed by atoms with Gasteiger partial charge in [0, 0.05) is 19.3 Å². The van der Waals surface area contributed by atoms with E-state index in [4.69, 9.17) is 14.2 Å². The third-order valence-electron chi connectivity index (χ3n) is 11.3. The molecule has 8 nitrogen and oxygen atoms in total. The quantitative estimate of drug-likeness (QED) is 0.0281. The second-order valence-electron chi connectivity index (χ2n) is 18.4. The monoisotopic (exact) mass is 909 g/mol. The molecule has 2 atom stereocenters. The van der Waals surface area contributed by atoms with Crippen molar-refractivity contribution in [1.82, 2.24) is 0 Å². The molecule has 0 saturated heterocycles. The van der Waals surface area contributed by atoms with Gasteiger partial charge in [-0.25, -0.2) is 4.79 Å². The first-order valence-corrected chi connectivity index (χ1v) is 26.1. The molecule has 0 bridgehead atoms. The number of likely N-dealkylation sites (N-methyl/N-ethyl adjacent to an activating group) is 1. The van der Waals surface area contributed by atoms with Gasteiger partial charge >= 0.3 is 17.9 Å². The van der Waals surface area contributed by atoms with Crippen LogP contribution in [-0.2, 0) is 28.6 Å². The van der Waals surface area contributed by atoms with Gasteiger partial charge in [-0.1, -0.05) is 182 Å². The third-order valence-corrected chi connectivity index (χ3v) is 11.3. The molecule has 0 aliphatic rings. The molecule has 0 aromatic heterocycles. The summed E-state index contributed by atoms with van der Waals surface area (Å²) >= 11 is 0. The van der Waals surface area contributed by atoms with Crippen molar-refractivity contribution in [3.8, 4) is 0 Å². The van der Waals surface area contributed by atoms with Crippen molar-refractivity contribution in [2.24, 2.45) is 0 Å². The van der Waals surface area contributed by atoms with E-state index in [2.05, 4.69) is 98.9 Å². The van der Waals surface area contributed by atoms with E-state index in [-0.39, 0.29) is 36.2 Å². The number of carboxylic acids is 1. The molecule has 0 rings (SSSR count). The smallest absolute Gasteiger partial charge is 0.362 e. The molecule has 8 heteroatoms. The normalized spacial score (nSPS) is 13.6. The molecular weight excluding hydrogens is 811 g/mol. The van der Waals surface area contributed by atoms with Crippen LogP contribution in [0.25, 0.3) is 0 Å². The Labute approximate surface area is 399 Å². The zero-order valence-corrected chi connectivity index (χ0v) is 42.4. The van der Waals surface area contributed by atoms with Gasteiger partial charge in [-0.3, -0.25) is 9.59 Å². The maximum absolute atomic E-state index is 12.8. The molecule has 0 spiro atoms. The highest BCUT2D eigenvalue weighted by Gasteiger charge is 2.31. The van der Waals surface area contributed by atoms with Gasteiger partial charge in [-0.2, -0.15) is 0 Å². The van der Waals surface area contributed by atoms with E-state index in [1.165, 1.54) is 70.6 Å². The summed E-state index contributed by atoms with van der Waals surface area (Å²) in [5.74, 6) is -1.51. The Bertz CT molecular complexity index is 1330. The first-order valence-electron chi connectivity index (χ1n) is 26.1. The number of ether oxygens (including phenoxy) is 3. The molecule has 0 aromatic rings. The number of carbonyl (C=O) groups is 3. The van der Waals surface area contributed by atoms with E-state index in [1.807, 2.05) is 21.1 Å². The molecule has 0 aliphatic carbocycles. The van der Waals surface area contributed by atoms with Crippen LogP contribution >= 0.6 is 0 Å². The van der Waals surface area contributed by atoms with Crippen LogP contribution in [0.15, 0.2) is 85.1 Å². The molecule has 0 aliphatic heterocycles. The summed E-state index contributed by atoms with van der Waals surface area (Å²) in [5, 5.41) is 9.66. The zero-order valence-electron chi connectivity index (χ0n) is 42.4. The Kier molecular flexibility index (Phi) is 44.5. The van der Waals surface area contributed by atoms with E-state index < -0.39 is 18.1 Å². The minimum Gasteiger partial charge on any atom is -0.477 e. The molecule has 0 amide bonds. The lowest BCUT2D eigenvalue weighted by Crippen LogP contribution is -2.50. The van der Waals surface area contributed by atoms with Crippen LogP contribution < -0.4 is 0 Å². The first kappa shape index (κ1) is 61.5. The van der Waals surface area contributed by atoms with Crippen molar-refractivity contribution >= 4 is 17.9 Å². The highest BCUT2D eigenvalue weighted by atomic mass is 16.6. The number of hydrogen-bond donors (Lipinski definition) is 1. The number of unbranched alkanes of at least 4 members (excludes halogenated alkanes) is 18. The molecule has 0 radical (unpaired) electrons. The number of rotatable bonds is 46. The van der Waals surface area contributed by atoms with Gasteiger partial charge in [0.1, 0.15) is 6.61 Å². The average molecular weight is 909 g/mol. The number of carbonyl (C=O) groups excluding carboxylic acids is 2. The lowest BCUT2D eigenvalue weighted by molar-refractivity contribution is -0.887. The second kappa shape index (κ2) is 47.0. The maximum Gasteiger partial charge on any atom is 0.362 e. The summed E-state index contributed by atoms with van der Waals surface area (Å²) in [7, 11) is 5.52. The van der Waals surface area contributed by atoms with Gasteiger partial charge in [-0.05, 0) is 89.9 Å². The number of carboxylic acid groups (broad SMARTS) is 1. The topological polar surface area (TPSA) is 99.1 Å². The maximum atomic E-state index is 12.8. The number of esters is 2. The second-order valence-corrected chi connectivity index (χ2v) is 18.4. The highest BCUT2D eigenvalue weighted by molar-refractivity contribution is 5.72. The van der Waals surface area contributed by atoms with Gasteiger partial charge in [0.15, 0.2) is 12.1 Å². The van der Waals surface area contributed by atoms with E-state index >= 15 is 0 Å². The van der Waals surface area contributed by atoms with Crippen molar-refractivity contribution in [1.29, 1.82) is 0 Å². The molecule has 2 unspecified atom stereocenters. The van der Waals surface area contributed by atoms with Crippen LogP contribution in [-0.4, -0.2) is 80.6 Å². The third kappa shape index (κ3) is 45.5. The van der Waals surface area contributed by atoms with Crippen LogP contribution in [0.2, 0.25) is 0 Å². The number of nitrogens with zero attached hydrogens (tertiary/aromatic N) is 1. The Morgan fingerprint density at radius 3 is 1.29 bits per heavy atom. The van der Waals surface area contributed by atoms with Crippen LogP contribution in [0.5, 0.6) is 0 Å². The van der Waals surface area contributed by atoms with Crippen molar-refractivity contribution < 1.29 is 38.2 Å². The fraction of sp³-hybridized carbons (Fsp3) is 0.702. The summed E-state index contributed by atoms with van der Waals surface area (Å²) in [6, 6.07) is -0.626. The Balaban J connectivity index is 4.33. The van der Waals surface area contributed by atoms with E-state index in [1.54, 1.807) is 0 Å². The molecule has 372 valence electrons. The van der Waals surface area contributed by atoms with Crippen molar-refractivity contribution in [3.05, 3.63) is 85.1 Å². The number of allylic oxidation sites excluding steroid dienone is 14. The minimum atomic E-state index is -0.883. The SMILES string of the molecule is CC/C=C/C/C=C/C/C=C/C/C=C/C/C=C/C/C=C/CCCCCCC(=O)OC(COCCC(C(=O)O)[N+](C)(C)C)COC(=O)CCCCCCC/C=C/CCCCCCCCCCC. The lowest BCUT2D eigenvalue weighted by atomic mass is 10.1.